The maximum atomic E-state index is 13.6. The zero-order chi connectivity index (χ0) is 27.9. The number of benzene rings is 2. The Bertz CT molecular complexity index is 1340. The molecule has 39 heavy (non-hydrogen) atoms. The van der Waals surface area contributed by atoms with E-state index in [4.69, 9.17) is 20.2 Å². The van der Waals surface area contributed by atoms with E-state index in [1.807, 2.05) is 6.07 Å². The van der Waals surface area contributed by atoms with Gasteiger partial charge in [-0.1, -0.05) is 30.3 Å². The molecule has 5 rings (SSSR count). The Morgan fingerprint density at radius 3 is 2.54 bits per heavy atom. The number of aryl methyl sites for hydroxylation is 2. The average molecular weight is 553 g/mol. The normalized spacial score (nSPS) is 16.7. The quantitative estimate of drug-likeness (QED) is 0.454. The molecule has 0 saturated carbocycles. The maximum Gasteiger partial charge on any atom is 0.303 e. The Hall–Kier alpha value is -3.63. The molecule has 1 atom stereocenters. The number of para-hydroxylation sites is 1. The van der Waals surface area contributed by atoms with E-state index in [1.54, 1.807) is 23.5 Å². The van der Waals surface area contributed by atoms with E-state index >= 15 is 0 Å². The van der Waals surface area contributed by atoms with Gasteiger partial charge in [0.1, 0.15) is 11.5 Å². The largest absolute Gasteiger partial charge is 0.481 e. The van der Waals surface area contributed by atoms with Crippen molar-refractivity contribution in [3.8, 4) is 0 Å². The van der Waals surface area contributed by atoms with Gasteiger partial charge in [0.25, 0.3) is 0 Å². The van der Waals surface area contributed by atoms with Crippen LogP contribution in [-0.2, 0) is 22.4 Å². The van der Waals surface area contributed by atoms with Crippen molar-refractivity contribution in [1.82, 2.24) is 14.8 Å². The molecule has 3 aromatic rings. The van der Waals surface area contributed by atoms with Crippen LogP contribution in [0.3, 0.4) is 0 Å². The van der Waals surface area contributed by atoms with Crippen molar-refractivity contribution in [1.29, 1.82) is 0 Å². The van der Waals surface area contributed by atoms with E-state index in [2.05, 4.69) is 48.0 Å². The minimum atomic E-state index is -1.08. The molecule has 0 amide bonds. The number of carboxylic acid groups (broad SMARTS) is 2. The van der Waals surface area contributed by atoms with Crippen molar-refractivity contribution in [2.45, 2.75) is 45.1 Å². The highest BCUT2D eigenvalue weighted by molar-refractivity contribution is 7.11. The lowest BCUT2D eigenvalue weighted by atomic mass is 10.0. The van der Waals surface area contributed by atoms with Gasteiger partial charge >= 0.3 is 11.9 Å². The highest BCUT2D eigenvalue weighted by Crippen LogP contribution is 2.33. The molecule has 0 bridgehead atoms. The number of amidine groups is 1. The summed E-state index contributed by atoms with van der Waals surface area (Å²) in [4.78, 5) is 35.4. The van der Waals surface area contributed by atoms with Crippen molar-refractivity contribution in [3.05, 3.63) is 81.1 Å². The number of nitrogens with zero attached hydrogens (tertiary/aromatic N) is 4. The fourth-order valence-electron chi connectivity index (χ4n) is 4.78. The molecule has 1 fully saturated rings. The van der Waals surface area contributed by atoms with E-state index in [0.717, 1.165) is 66.7 Å². The molecular weight excluding hydrogens is 519 g/mol. The second kappa shape index (κ2) is 12.9. The van der Waals surface area contributed by atoms with E-state index in [9.17, 15) is 14.0 Å². The number of thiazole rings is 1. The summed E-state index contributed by atoms with van der Waals surface area (Å²) in [5.41, 5.74) is 4.42. The van der Waals surface area contributed by atoms with Crippen LogP contribution in [0.15, 0.2) is 53.5 Å². The number of halogens is 1. The third-order valence-electron chi connectivity index (χ3n) is 6.87. The van der Waals surface area contributed by atoms with Crippen LogP contribution in [0.4, 0.5) is 10.1 Å². The second-order valence-electron chi connectivity index (χ2n) is 9.78. The number of carbonyl (C=O) groups is 2. The van der Waals surface area contributed by atoms with Crippen LogP contribution in [0.2, 0.25) is 0 Å². The fraction of sp³-hybridized carbons (Fsp3) is 0.379. The molecule has 2 N–H and O–H groups in total. The van der Waals surface area contributed by atoms with Crippen molar-refractivity contribution in [3.63, 3.8) is 0 Å². The molecule has 2 aromatic carbocycles. The number of rotatable bonds is 6. The summed E-state index contributed by atoms with van der Waals surface area (Å²) in [5, 5.41) is 16.9. The number of aliphatic imine (C=N–C) groups is 1. The predicted octanol–water partition coefficient (Wildman–Crippen LogP) is 4.76. The van der Waals surface area contributed by atoms with Gasteiger partial charge in [-0.05, 0) is 56.1 Å². The fourth-order valence-corrected chi connectivity index (χ4v) is 5.74. The van der Waals surface area contributed by atoms with Gasteiger partial charge in [0, 0.05) is 37.0 Å². The average Bonchev–Trinajstić information content (AvgIpc) is 3.19. The Kier molecular flexibility index (Phi) is 9.42. The topological polar surface area (TPSA) is 106 Å². The van der Waals surface area contributed by atoms with E-state index in [1.165, 1.54) is 16.5 Å². The molecule has 206 valence electrons. The monoisotopic (exact) mass is 552 g/mol. The summed E-state index contributed by atoms with van der Waals surface area (Å²) in [6.07, 6.45) is 2.16. The van der Waals surface area contributed by atoms with Crippen LogP contribution >= 0.6 is 11.3 Å². The summed E-state index contributed by atoms with van der Waals surface area (Å²) in [5.74, 6) is -1.30. The van der Waals surface area contributed by atoms with Gasteiger partial charge in [0.15, 0.2) is 5.84 Å². The molecule has 1 aromatic heterocycles. The van der Waals surface area contributed by atoms with Crippen molar-refractivity contribution in [2.75, 3.05) is 26.7 Å². The second-order valence-corrected chi connectivity index (χ2v) is 11.1. The van der Waals surface area contributed by atoms with Crippen LogP contribution < -0.4 is 0 Å². The van der Waals surface area contributed by atoms with Crippen LogP contribution in [0.1, 0.15) is 46.0 Å². The summed E-state index contributed by atoms with van der Waals surface area (Å²) in [7, 11) is 2.19. The molecule has 0 radical (unpaired) electrons. The number of aromatic nitrogens is 1. The van der Waals surface area contributed by atoms with Crippen LogP contribution in [0.5, 0.6) is 0 Å². The van der Waals surface area contributed by atoms with Gasteiger partial charge in [0.2, 0.25) is 0 Å². The minimum Gasteiger partial charge on any atom is -0.481 e. The first-order chi connectivity index (χ1) is 18.7. The molecule has 3 heterocycles. The first-order valence-corrected chi connectivity index (χ1v) is 13.8. The zero-order valence-corrected chi connectivity index (χ0v) is 23.0. The first kappa shape index (κ1) is 28.4. The zero-order valence-electron chi connectivity index (χ0n) is 22.1. The number of piperazine rings is 1. The van der Waals surface area contributed by atoms with Crippen LogP contribution in [-0.4, -0.2) is 75.5 Å². The SMILES string of the molecule is Cc1nc2c(s1)Cc1ccccc1N=C2N1CCN(C)[C@@H](CCc2cccc(F)c2)C1.O=C(O)CCC(=O)O. The molecule has 0 unspecified atom stereocenters. The van der Waals surface area contributed by atoms with Crippen LogP contribution in [0, 0.1) is 12.7 Å². The molecule has 2 aliphatic heterocycles. The molecule has 8 nitrogen and oxygen atoms in total. The first-order valence-electron chi connectivity index (χ1n) is 13.0. The van der Waals surface area contributed by atoms with Gasteiger partial charge in [-0.15, -0.1) is 11.3 Å². The Labute approximate surface area is 231 Å². The number of hydrogen-bond acceptors (Lipinski definition) is 7. The lowest BCUT2D eigenvalue weighted by molar-refractivity contribution is -0.143. The molecule has 10 heteroatoms. The summed E-state index contributed by atoms with van der Waals surface area (Å²) < 4.78 is 13.6. The standard InChI is InChI=1S/C25H27FN4S.C4H6O4/c1-17-27-24-23(31-17)15-19-7-3-4-9-22(19)28-25(24)30-13-12-29(2)21(16-30)11-10-18-6-5-8-20(26)14-18;5-3(6)1-2-4(7)8/h3-9,14,21H,10-13,15-16H2,1-2H3;1-2H2,(H,5,6)(H,7,8)/t21-;/m0./s1. The molecule has 0 aliphatic carbocycles. The number of hydrogen-bond donors (Lipinski definition) is 2. The number of aliphatic carboxylic acids is 2. The third kappa shape index (κ3) is 7.70. The third-order valence-corrected chi connectivity index (χ3v) is 7.84. The van der Waals surface area contributed by atoms with Gasteiger partial charge in [-0.25, -0.2) is 14.4 Å². The number of likely N-dealkylation sites (N-methyl/N-ethyl adjacent to an activating group) is 1. The van der Waals surface area contributed by atoms with E-state index < -0.39 is 11.9 Å². The molecule has 0 spiro atoms. The van der Waals surface area contributed by atoms with E-state index in [0.29, 0.717) is 6.04 Å². The summed E-state index contributed by atoms with van der Waals surface area (Å²) in [6.45, 7) is 4.90. The smallest absolute Gasteiger partial charge is 0.303 e. The predicted molar refractivity (Wildman–Crippen MR) is 150 cm³/mol. The molecule has 1 saturated heterocycles. The number of fused-ring (bicyclic) bond motifs is 2. The van der Waals surface area contributed by atoms with Crippen molar-refractivity contribution < 1.29 is 24.2 Å². The lowest BCUT2D eigenvalue weighted by Gasteiger charge is -2.40. The van der Waals surface area contributed by atoms with Crippen molar-refractivity contribution in [2.24, 2.45) is 4.99 Å². The summed E-state index contributed by atoms with van der Waals surface area (Å²) in [6, 6.07) is 15.8. The summed E-state index contributed by atoms with van der Waals surface area (Å²) >= 11 is 1.78. The molecule has 2 aliphatic rings. The highest BCUT2D eigenvalue weighted by Gasteiger charge is 2.30. The molecular formula is C29H33FN4O4S. The highest BCUT2D eigenvalue weighted by atomic mass is 32.1. The van der Waals surface area contributed by atoms with Gasteiger partial charge in [-0.3, -0.25) is 14.5 Å². The lowest BCUT2D eigenvalue weighted by Crippen LogP contribution is -2.53. The van der Waals surface area contributed by atoms with Crippen LogP contribution in [0.25, 0.3) is 0 Å². The Morgan fingerprint density at radius 2 is 1.82 bits per heavy atom. The number of carboxylic acids is 2. The minimum absolute atomic E-state index is 0.158. The van der Waals surface area contributed by atoms with E-state index in [-0.39, 0.29) is 18.7 Å². The Morgan fingerprint density at radius 1 is 1.08 bits per heavy atom. The van der Waals surface area contributed by atoms with Gasteiger partial charge < -0.3 is 15.1 Å². The maximum absolute atomic E-state index is 13.6. The van der Waals surface area contributed by atoms with Gasteiger partial charge in [0.05, 0.1) is 23.5 Å². The van der Waals surface area contributed by atoms with Crippen molar-refractivity contribution >= 4 is 34.8 Å². The van der Waals surface area contributed by atoms with Gasteiger partial charge in [-0.2, -0.15) is 0 Å². The Balaban J connectivity index is 0.000000386.